The predicted octanol–water partition coefficient (Wildman–Crippen LogP) is 1.56. The highest BCUT2D eigenvalue weighted by molar-refractivity contribution is 4.67. The molecule has 0 heterocycles. The Morgan fingerprint density at radius 1 is 1.38 bits per heavy atom. The van der Waals surface area contributed by atoms with Gasteiger partial charge < -0.3 is 15.2 Å². The molecule has 3 heteroatoms. The summed E-state index contributed by atoms with van der Waals surface area (Å²) in [6.07, 6.45) is 2.08. The minimum absolute atomic E-state index is 0.0904. The van der Waals surface area contributed by atoms with Gasteiger partial charge in [-0.15, -0.1) is 0 Å². The SMILES string of the molecule is CCC(CN)OCCC(C)(C)OC. The van der Waals surface area contributed by atoms with Crippen LogP contribution in [0.4, 0.5) is 0 Å². The van der Waals surface area contributed by atoms with Crippen LogP contribution in [0.25, 0.3) is 0 Å². The molecule has 2 N–H and O–H groups in total. The molecule has 0 bridgehead atoms. The van der Waals surface area contributed by atoms with Gasteiger partial charge in [0.1, 0.15) is 0 Å². The van der Waals surface area contributed by atoms with E-state index in [1.165, 1.54) is 0 Å². The molecule has 0 spiro atoms. The average Bonchev–Trinajstić information content (AvgIpc) is 2.12. The van der Waals surface area contributed by atoms with Gasteiger partial charge >= 0.3 is 0 Å². The Hall–Kier alpha value is -0.120. The van der Waals surface area contributed by atoms with Crippen LogP contribution >= 0.6 is 0 Å². The van der Waals surface area contributed by atoms with Gasteiger partial charge in [-0.25, -0.2) is 0 Å². The van der Waals surface area contributed by atoms with Crippen molar-refractivity contribution in [2.45, 2.75) is 45.3 Å². The van der Waals surface area contributed by atoms with E-state index in [-0.39, 0.29) is 11.7 Å². The zero-order valence-electron chi connectivity index (χ0n) is 9.30. The van der Waals surface area contributed by atoms with Crippen LogP contribution in [0.5, 0.6) is 0 Å². The first kappa shape index (κ1) is 12.9. The minimum atomic E-state index is -0.0904. The first-order chi connectivity index (χ1) is 6.05. The van der Waals surface area contributed by atoms with Crippen molar-refractivity contribution in [2.75, 3.05) is 20.3 Å². The van der Waals surface area contributed by atoms with Crippen molar-refractivity contribution >= 4 is 0 Å². The van der Waals surface area contributed by atoms with Crippen LogP contribution in [0, 0.1) is 0 Å². The largest absolute Gasteiger partial charge is 0.379 e. The molecule has 0 aromatic heterocycles. The normalized spacial score (nSPS) is 14.5. The van der Waals surface area contributed by atoms with Crippen molar-refractivity contribution in [3.8, 4) is 0 Å². The molecule has 0 radical (unpaired) electrons. The number of methoxy groups -OCH3 is 1. The topological polar surface area (TPSA) is 44.5 Å². The van der Waals surface area contributed by atoms with Gasteiger partial charge in [0.25, 0.3) is 0 Å². The molecule has 1 atom stereocenters. The molecule has 1 unspecified atom stereocenters. The molecule has 0 aliphatic rings. The van der Waals surface area contributed by atoms with Crippen LogP contribution in [0.2, 0.25) is 0 Å². The Bertz CT molecular complexity index is 122. The zero-order valence-corrected chi connectivity index (χ0v) is 9.30. The average molecular weight is 189 g/mol. The van der Waals surface area contributed by atoms with Crippen molar-refractivity contribution in [3.05, 3.63) is 0 Å². The first-order valence-corrected chi connectivity index (χ1v) is 4.92. The van der Waals surface area contributed by atoms with E-state index >= 15 is 0 Å². The Labute approximate surface area is 81.6 Å². The Morgan fingerprint density at radius 3 is 2.38 bits per heavy atom. The fraction of sp³-hybridized carbons (Fsp3) is 1.00. The van der Waals surface area contributed by atoms with Gasteiger partial charge in [0, 0.05) is 20.3 Å². The van der Waals surface area contributed by atoms with E-state index in [1.54, 1.807) is 7.11 Å². The van der Waals surface area contributed by atoms with Gasteiger partial charge in [-0.3, -0.25) is 0 Å². The van der Waals surface area contributed by atoms with Gasteiger partial charge in [-0.1, -0.05) is 6.92 Å². The molecular weight excluding hydrogens is 166 g/mol. The molecular formula is C10H23NO2. The van der Waals surface area contributed by atoms with Crippen LogP contribution in [0.15, 0.2) is 0 Å². The number of nitrogens with two attached hydrogens (primary N) is 1. The quantitative estimate of drug-likeness (QED) is 0.661. The molecule has 0 aromatic carbocycles. The van der Waals surface area contributed by atoms with Crippen molar-refractivity contribution < 1.29 is 9.47 Å². The highest BCUT2D eigenvalue weighted by Crippen LogP contribution is 2.13. The molecule has 0 aromatic rings. The van der Waals surface area contributed by atoms with Gasteiger partial charge in [-0.05, 0) is 26.7 Å². The summed E-state index contributed by atoms with van der Waals surface area (Å²) in [5, 5.41) is 0. The standard InChI is InChI=1S/C10H23NO2/c1-5-9(8-11)13-7-6-10(2,3)12-4/h9H,5-8,11H2,1-4H3. The minimum Gasteiger partial charge on any atom is -0.379 e. The maximum Gasteiger partial charge on any atom is 0.0694 e. The van der Waals surface area contributed by atoms with E-state index in [1.807, 2.05) is 0 Å². The molecule has 80 valence electrons. The lowest BCUT2D eigenvalue weighted by Crippen LogP contribution is -2.28. The molecule has 0 aliphatic carbocycles. The first-order valence-electron chi connectivity index (χ1n) is 4.92. The maximum absolute atomic E-state index is 5.57. The van der Waals surface area contributed by atoms with Crippen molar-refractivity contribution in [1.29, 1.82) is 0 Å². The van der Waals surface area contributed by atoms with Crippen LogP contribution in [-0.2, 0) is 9.47 Å². The van der Waals surface area contributed by atoms with Gasteiger partial charge in [0.05, 0.1) is 11.7 Å². The highest BCUT2D eigenvalue weighted by atomic mass is 16.5. The van der Waals surface area contributed by atoms with Gasteiger partial charge in [0.15, 0.2) is 0 Å². The van der Waals surface area contributed by atoms with Crippen LogP contribution in [-0.4, -0.2) is 32.0 Å². The third kappa shape index (κ3) is 6.02. The van der Waals surface area contributed by atoms with E-state index in [4.69, 9.17) is 15.2 Å². The Balaban J connectivity index is 3.54. The number of hydrogen-bond donors (Lipinski definition) is 1. The lowest BCUT2D eigenvalue weighted by molar-refractivity contribution is -0.0255. The maximum atomic E-state index is 5.57. The third-order valence-electron chi connectivity index (χ3n) is 2.33. The third-order valence-corrected chi connectivity index (χ3v) is 2.33. The van der Waals surface area contributed by atoms with E-state index in [0.717, 1.165) is 19.4 Å². The summed E-state index contributed by atoms with van der Waals surface area (Å²) in [5.41, 5.74) is 5.42. The second kappa shape index (κ2) is 6.35. The summed E-state index contributed by atoms with van der Waals surface area (Å²) >= 11 is 0. The van der Waals surface area contributed by atoms with Gasteiger partial charge in [-0.2, -0.15) is 0 Å². The summed E-state index contributed by atoms with van der Waals surface area (Å²) < 4.78 is 10.8. The lowest BCUT2D eigenvalue weighted by Gasteiger charge is -2.24. The second-order valence-electron chi connectivity index (χ2n) is 3.85. The van der Waals surface area contributed by atoms with Gasteiger partial charge in [0.2, 0.25) is 0 Å². The zero-order chi connectivity index (χ0) is 10.3. The lowest BCUT2D eigenvalue weighted by atomic mass is 10.1. The number of rotatable bonds is 7. The van der Waals surface area contributed by atoms with Crippen LogP contribution < -0.4 is 5.73 Å². The Kier molecular flexibility index (Phi) is 6.29. The molecule has 0 saturated heterocycles. The smallest absolute Gasteiger partial charge is 0.0694 e. The summed E-state index contributed by atoms with van der Waals surface area (Å²) in [7, 11) is 1.72. The van der Waals surface area contributed by atoms with E-state index in [0.29, 0.717) is 6.54 Å². The molecule has 13 heavy (non-hydrogen) atoms. The summed E-state index contributed by atoms with van der Waals surface area (Å²) in [5.74, 6) is 0. The van der Waals surface area contributed by atoms with Crippen molar-refractivity contribution in [1.82, 2.24) is 0 Å². The fourth-order valence-corrected chi connectivity index (χ4v) is 0.926. The molecule has 0 amide bonds. The van der Waals surface area contributed by atoms with Crippen LogP contribution in [0.1, 0.15) is 33.6 Å². The van der Waals surface area contributed by atoms with Crippen molar-refractivity contribution in [2.24, 2.45) is 5.73 Å². The fourth-order valence-electron chi connectivity index (χ4n) is 0.926. The molecule has 3 nitrogen and oxygen atoms in total. The summed E-state index contributed by atoms with van der Waals surface area (Å²) in [4.78, 5) is 0. The van der Waals surface area contributed by atoms with Crippen LogP contribution in [0.3, 0.4) is 0 Å². The highest BCUT2D eigenvalue weighted by Gasteiger charge is 2.16. The van der Waals surface area contributed by atoms with E-state index in [9.17, 15) is 0 Å². The Morgan fingerprint density at radius 2 is 2.00 bits per heavy atom. The summed E-state index contributed by atoms with van der Waals surface area (Å²) in [6.45, 7) is 7.51. The van der Waals surface area contributed by atoms with Crippen molar-refractivity contribution in [3.63, 3.8) is 0 Å². The predicted molar refractivity (Wildman–Crippen MR) is 54.8 cm³/mol. The molecule has 0 aliphatic heterocycles. The number of ether oxygens (including phenoxy) is 2. The molecule has 0 fully saturated rings. The number of hydrogen-bond acceptors (Lipinski definition) is 3. The second-order valence-corrected chi connectivity index (χ2v) is 3.85. The summed E-state index contributed by atoms with van der Waals surface area (Å²) in [6, 6.07) is 0. The molecule has 0 rings (SSSR count). The van der Waals surface area contributed by atoms with E-state index < -0.39 is 0 Å². The van der Waals surface area contributed by atoms with E-state index in [2.05, 4.69) is 20.8 Å². The molecule has 0 saturated carbocycles. The monoisotopic (exact) mass is 189 g/mol.